The maximum atomic E-state index is 6.07. The fourth-order valence-corrected chi connectivity index (χ4v) is 3.05. The molecule has 0 aliphatic heterocycles. The molecule has 1 aromatic rings. The van der Waals surface area contributed by atoms with E-state index in [9.17, 15) is 0 Å². The van der Waals surface area contributed by atoms with Crippen molar-refractivity contribution < 1.29 is 4.74 Å². The van der Waals surface area contributed by atoms with Gasteiger partial charge >= 0.3 is 0 Å². The summed E-state index contributed by atoms with van der Waals surface area (Å²) in [5, 5.41) is 3.66. The van der Waals surface area contributed by atoms with Gasteiger partial charge in [0.05, 0.1) is 18.8 Å². The van der Waals surface area contributed by atoms with Gasteiger partial charge in [0.15, 0.2) is 0 Å². The molecule has 0 heterocycles. The molecule has 0 amide bonds. The third kappa shape index (κ3) is 5.80. The molecule has 0 aliphatic carbocycles. The van der Waals surface area contributed by atoms with Crippen molar-refractivity contribution in [3.8, 4) is 0 Å². The highest BCUT2D eigenvalue weighted by molar-refractivity contribution is 5.39. The van der Waals surface area contributed by atoms with E-state index in [0.717, 1.165) is 26.0 Å². The fourth-order valence-electron chi connectivity index (χ4n) is 3.05. The van der Waals surface area contributed by atoms with Crippen molar-refractivity contribution in [2.24, 2.45) is 0 Å². The van der Waals surface area contributed by atoms with Crippen LogP contribution in [-0.2, 0) is 4.74 Å². The Morgan fingerprint density at radius 2 is 1.67 bits per heavy atom. The number of nitrogens with one attached hydrogen (secondary N) is 1. The second-order valence-electron chi connectivity index (χ2n) is 6.25. The smallest absolute Gasteiger partial charge is 0.0665 e. The number of benzene rings is 1. The summed E-state index contributed by atoms with van der Waals surface area (Å²) in [6.45, 7) is 15.0. The lowest BCUT2D eigenvalue weighted by Gasteiger charge is -2.25. The van der Waals surface area contributed by atoms with Crippen LogP contribution < -0.4 is 5.32 Å². The zero-order valence-corrected chi connectivity index (χ0v) is 14.8. The van der Waals surface area contributed by atoms with E-state index in [1.165, 1.54) is 28.7 Å². The van der Waals surface area contributed by atoms with Crippen LogP contribution >= 0.6 is 0 Å². The van der Waals surface area contributed by atoms with Crippen LogP contribution in [-0.4, -0.2) is 19.3 Å². The number of ether oxygens (including phenoxy) is 1. The molecule has 0 saturated heterocycles. The van der Waals surface area contributed by atoms with Gasteiger partial charge in [-0.1, -0.05) is 38.0 Å². The molecule has 0 radical (unpaired) electrons. The van der Waals surface area contributed by atoms with Crippen LogP contribution in [0.1, 0.15) is 68.3 Å². The Labute approximate surface area is 131 Å². The van der Waals surface area contributed by atoms with Crippen molar-refractivity contribution in [1.82, 2.24) is 5.32 Å². The van der Waals surface area contributed by atoms with Gasteiger partial charge in [-0.05, 0) is 63.8 Å². The van der Waals surface area contributed by atoms with Crippen LogP contribution in [0.5, 0.6) is 0 Å². The average Bonchev–Trinajstić information content (AvgIpc) is 2.40. The third-order valence-corrected chi connectivity index (χ3v) is 3.97. The number of hydrogen-bond donors (Lipinski definition) is 1. The van der Waals surface area contributed by atoms with E-state index in [-0.39, 0.29) is 0 Å². The Morgan fingerprint density at radius 3 is 2.19 bits per heavy atom. The zero-order chi connectivity index (χ0) is 15.8. The quantitative estimate of drug-likeness (QED) is 0.701. The summed E-state index contributed by atoms with van der Waals surface area (Å²) in [5.74, 6) is 0. The molecule has 21 heavy (non-hydrogen) atoms. The molecule has 0 aromatic heterocycles. The molecule has 1 N–H and O–H groups in total. The van der Waals surface area contributed by atoms with E-state index in [1.54, 1.807) is 0 Å². The summed E-state index contributed by atoms with van der Waals surface area (Å²) < 4.78 is 6.07. The minimum absolute atomic E-state index is 0.296. The van der Waals surface area contributed by atoms with Gasteiger partial charge in [0.25, 0.3) is 0 Å². The molecule has 0 fully saturated rings. The van der Waals surface area contributed by atoms with Crippen LogP contribution in [0.2, 0.25) is 0 Å². The van der Waals surface area contributed by atoms with Crippen LogP contribution in [0.4, 0.5) is 0 Å². The third-order valence-electron chi connectivity index (χ3n) is 3.97. The summed E-state index contributed by atoms with van der Waals surface area (Å²) >= 11 is 0. The lowest BCUT2D eigenvalue weighted by Crippen LogP contribution is -2.29. The SMILES string of the molecule is CCCNC(COC(C)CCC)c1c(C)cc(C)cc1C. The fraction of sp³-hybridized carbons (Fsp3) is 0.684. The maximum absolute atomic E-state index is 6.07. The van der Waals surface area contributed by atoms with Crippen LogP contribution in [0.3, 0.4) is 0 Å². The Hall–Kier alpha value is -0.860. The van der Waals surface area contributed by atoms with E-state index in [1.807, 2.05) is 0 Å². The maximum Gasteiger partial charge on any atom is 0.0665 e. The highest BCUT2D eigenvalue weighted by atomic mass is 16.5. The van der Waals surface area contributed by atoms with Crippen molar-refractivity contribution in [1.29, 1.82) is 0 Å². The van der Waals surface area contributed by atoms with Crippen molar-refractivity contribution in [3.05, 3.63) is 34.4 Å². The average molecular weight is 291 g/mol. The Bertz CT molecular complexity index is 405. The van der Waals surface area contributed by atoms with Crippen molar-refractivity contribution in [2.75, 3.05) is 13.2 Å². The molecule has 2 atom stereocenters. The van der Waals surface area contributed by atoms with E-state index in [4.69, 9.17) is 4.74 Å². The molecule has 1 rings (SSSR count). The topological polar surface area (TPSA) is 21.3 Å². The standard InChI is InChI=1S/C19H33NO/c1-7-9-17(6)21-13-18(20-10-8-2)19-15(4)11-14(3)12-16(19)5/h11-12,17-18,20H,7-10,13H2,1-6H3. The molecule has 0 aliphatic rings. The van der Waals surface area contributed by atoms with Gasteiger partial charge in [-0.2, -0.15) is 0 Å². The Morgan fingerprint density at radius 1 is 1.05 bits per heavy atom. The summed E-state index contributed by atoms with van der Waals surface area (Å²) in [6, 6.07) is 4.85. The molecule has 2 heteroatoms. The Kier molecular flexibility index (Phi) is 7.98. The minimum atomic E-state index is 0.296. The molecule has 0 spiro atoms. The molecule has 0 saturated carbocycles. The molecular formula is C19H33NO. The van der Waals surface area contributed by atoms with Crippen LogP contribution in [0, 0.1) is 20.8 Å². The molecule has 1 aromatic carbocycles. The number of rotatable bonds is 9. The first-order valence-corrected chi connectivity index (χ1v) is 8.42. The Balaban J connectivity index is 2.86. The minimum Gasteiger partial charge on any atom is -0.377 e. The monoisotopic (exact) mass is 291 g/mol. The number of aryl methyl sites for hydroxylation is 3. The first kappa shape index (κ1) is 18.2. The van der Waals surface area contributed by atoms with Crippen molar-refractivity contribution in [3.63, 3.8) is 0 Å². The normalized spacial score (nSPS) is 14.2. The van der Waals surface area contributed by atoms with Gasteiger partial charge in [-0.15, -0.1) is 0 Å². The molecule has 2 unspecified atom stereocenters. The lowest BCUT2D eigenvalue weighted by atomic mass is 9.94. The zero-order valence-electron chi connectivity index (χ0n) is 14.8. The van der Waals surface area contributed by atoms with Crippen molar-refractivity contribution >= 4 is 0 Å². The van der Waals surface area contributed by atoms with E-state index in [2.05, 4.69) is 59.0 Å². The predicted molar refractivity (Wildman–Crippen MR) is 92.0 cm³/mol. The van der Waals surface area contributed by atoms with Gasteiger partial charge in [-0.25, -0.2) is 0 Å². The van der Waals surface area contributed by atoms with E-state index < -0.39 is 0 Å². The number of hydrogen-bond acceptors (Lipinski definition) is 2. The van der Waals surface area contributed by atoms with E-state index in [0.29, 0.717) is 12.1 Å². The van der Waals surface area contributed by atoms with E-state index >= 15 is 0 Å². The summed E-state index contributed by atoms with van der Waals surface area (Å²) in [5.41, 5.74) is 5.49. The van der Waals surface area contributed by atoms with Crippen molar-refractivity contribution in [2.45, 2.75) is 73.0 Å². The van der Waals surface area contributed by atoms with Crippen LogP contribution in [0.25, 0.3) is 0 Å². The second kappa shape index (κ2) is 9.22. The molecular weight excluding hydrogens is 258 g/mol. The first-order valence-electron chi connectivity index (χ1n) is 8.42. The first-order chi connectivity index (χ1) is 9.99. The van der Waals surface area contributed by atoms with Gasteiger partial charge < -0.3 is 10.1 Å². The molecule has 0 bridgehead atoms. The largest absolute Gasteiger partial charge is 0.377 e. The lowest BCUT2D eigenvalue weighted by molar-refractivity contribution is 0.0438. The highest BCUT2D eigenvalue weighted by Crippen LogP contribution is 2.24. The summed E-state index contributed by atoms with van der Waals surface area (Å²) in [4.78, 5) is 0. The molecule has 120 valence electrons. The van der Waals surface area contributed by atoms with Gasteiger partial charge in [0.2, 0.25) is 0 Å². The summed E-state index contributed by atoms with van der Waals surface area (Å²) in [7, 11) is 0. The second-order valence-corrected chi connectivity index (χ2v) is 6.25. The van der Waals surface area contributed by atoms with Gasteiger partial charge in [0.1, 0.15) is 0 Å². The predicted octanol–water partition coefficient (Wildman–Crippen LogP) is 4.86. The van der Waals surface area contributed by atoms with Gasteiger partial charge in [0, 0.05) is 0 Å². The highest BCUT2D eigenvalue weighted by Gasteiger charge is 2.17. The molecule has 2 nitrogen and oxygen atoms in total. The van der Waals surface area contributed by atoms with Gasteiger partial charge in [-0.3, -0.25) is 0 Å². The van der Waals surface area contributed by atoms with Crippen LogP contribution in [0.15, 0.2) is 12.1 Å². The summed E-state index contributed by atoms with van der Waals surface area (Å²) in [6.07, 6.45) is 3.79.